The Morgan fingerprint density at radius 3 is 2.93 bits per heavy atom. The fourth-order valence-electron chi connectivity index (χ4n) is 3.24. The summed E-state index contributed by atoms with van der Waals surface area (Å²) in [6, 6.07) is 10.1. The molecule has 1 aliphatic heterocycles. The van der Waals surface area contributed by atoms with E-state index >= 15 is 0 Å². The maximum atomic E-state index is 5.75. The average molecular weight is 513 g/mol. The van der Waals surface area contributed by atoms with Gasteiger partial charge in [0, 0.05) is 58.1 Å². The van der Waals surface area contributed by atoms with Gasteiger partial charge in [0.2, 0.25) is 0 Å². The number of hydrogen-bond donors (Lipinski definition) is 1. The van der Waals surface area contributed by atoms with E-state index in [1.807, 2.05) is 55.3 Å². The van der Waals surface area contributed by atoms with E-state index in [9.17, 15) is 0 Å². The zero-order valence-corrected chi connectivity index (χ0v) is 19.6. The zero-order chi connectivity index (χ0) is 19.6. The molecule has 8 heteroatoms. The Kier molecular flexibility index (Phi) is 10.4. The van der Waals surface area contributed by atoms with Crippen molar-refractivity contribution in [3.63, 3.8) is 0 Å². The maximum Gasteiger partial charge on any atom is 0.193 e. The Morgan fingerprint density at radius 1 is 1.38 bits per heavy atom. The van der Waals surface area contributed by atoms with Gasteiger partial charge >= 0.3 is 0 Å². The van der Waals surface area contributed by atoms with E-state index < -0.39 is 0 Å². The summed E-state index contributed by atoms with van der Waals surface area (Å²) in [5, 5.41) is 7.86. The number of halogens is 1. The lowest BCUT2D eigenvalue weighted by Crippen LogP contribution is -2.39. The highest BCUT2D eigenvalue weighted by Crippen LogP contribution is 2.12. The number of aliphatic imine (C=N–C) groups is 1. The average Bonchev–Trinajstić information content (AvgIpc) is 3.40. The molecule has 3 rings (SSSR count). The lowest BCUT2D eigenvalue weighted by molar-refractivity contribution is 0.0887. The Bertz CT molecular complexity index is 732. The summed E-state index contributed by atoms with van der Waals surface area (Å²) < 4.78 is 13.0. The Morgan fingerprint density at radius 2 is 2.21 bits per heavy atom. The van der Waals surface area contributed by atoms with Crippen LogP contribution in [0.15, 0.2) is 47.7 Å². The standard InChI is InChI=1S/C21H31N5O2.HI/c1-22-21(23-10-6-11-27-16-18-9-12-28-17-18)25(2)14-19-13-24-26(15-19)20-7-4-3-5-8-20;/h3-5,7-8,13,15,18H,6,9-12,14,16-17H2,1-2H3,(H,22,23);1H. The van der Waals surface area contributed by atoms with Crippen LogP contribution >= 0.6 is 24.0 Å². The number of para-hydroxylation sites is 1. The molecule has 1 unspecified atom stereocenters. The van der Waals surface area contributed by atoms with Crippen molar-refractivity contribution in [3.8, 4) is 5.69 Å². The van der Waals surface area contributed by atoms with Gasteiger partial charge in [-0.3, -0.25) is 4.99 Å². The fourth-order valence-corrected chi connectivity index (χ4v) is 3.24. The monoisotopic (exact) mass is 513 g/mol. The molecule has 1 N–H and O–H groups in total. The minimum Gasteiger partial charge on any atom is -0.381 e. The number of guanidine groups is 1. The molecule has 160 valence electrons. The van der Waals surface area contributed by atoms with Crippen LogP contribution in [-0.4, -0.2) is 67.7 Å². The third-order valence-corrected chi connectivity index (χ3v) is 4.78. The molecular formula is C21H32IN5O2. The summed E-state index contributed by atoms with van der Waals surface area (Å²) in [7, 11) is 3.84. The van der Waals surface area contributed by atoms with Gasteiger partial charge in [-0.05, 0) is 25.0 Å². The SMILES string of the molecule is CN=C(NCCCOCC1CCOC1)N(C)Cc1cnn(-c2ccccc2)c1.I. The smallest absolute Gasteiger partial charge is 0.193 e. The molecule has 1 atom stereocenters. The van der Waals surface area contributed by atoms with Crippen molar-refractivity contribution in [2.75, 3.05) is 47.1 Å². The fraction of sp³-hybridized carbons (Fsp3) is 0.524. The van der Waals surface area contributed by atoms with Crippen LogP contribution < -0.4 is 5.32 Å². The van der Waals surface area contributed by atoms with Gasteiger partial charge in [-0.15, -0.1) is 24.0 Å². The van der Waals surface area contributed by atoms with Crippen molar-refractivity contribution in [3.05, 3.63) is 48.3 Å². The molecule has 0 saturated carbocycles. The van der Waals surface area contributed by atoms with E-state index in [0.29, 0.717) is 5.92 Å². The number of aromatic nitrogens is 2. The molecule has 0 amide bonds. The molecule has 29 heavy (non-hydrogen) atoms. The second kappa shape index (κ2) is 12.8. The van der Waals surface area contributed by atoms with Crippen LogP contribution in [0, 0.1) is 5.92 Å². The molecule has 2 aromatic rings. The van der Waals surface area contributed by atoms with E-state index in [2.05, 4.69) is 26.5 Å². The minimum atomic E-state index is 0. The lowest BCUT2D eigenvalue weighted by Gasteiger charge is -2.21. The third kappa shape index (κ3) is 7.60. The van der Waals surface area contributed by atoms with E-state index in [1.54, 1.807) is 0 Å². The second-order valence-corrected chi connectivity index (χ2v) is 7.12. The van der Waals surface area contributed by atoms with Crippen molar-refractivity contribution in [1.82, 2.24) is 20.0 Å². The van der Waals surface area contributed by atoms with Crippen molar-refractivity contribution < 1.29 is 9.47 Å². The highest BCUT2D eigenvalue weighted by atomic mass is 127. The number of nitrogens with one attached hydrogen (secondary N) is 1. The van der Waals surface area contributed by atoms with E-state index in [1.165, 1.54) is 0 Å². The van der Waals surface area contributed by atoms with Gasteiger partial charge in [0.25, 0.3) is 0 Å². The van der Waals surface area contributed by atoms with Crippen molar-refractivity contribution in [1.29, 1.82) is 0 Å². The molecule has 7 nitrogen and oxygen atoms in total. The minimum absolute atomic E-state index is 0. The van der Waals surface area contributed by atoms with Crippen LogP contribution in [0.5, 0.6) is 0 Å². The third-order valence-electron chi connectivity index (χ3n) is 4.78. The summed E-state index contributed by atoms with van der Waals surface area (Å²) in [5.74, 6) is 1.44. The molecule has 2 heterocycles. The van der Waals surface area contributed by atoms with Crippen molar-refractivity contribution in [2.24, 2.45) is 10.9 Å². The molecule has 1 saturated heterocycles. The van der Waals surface area contributed by atoms with Crippen LogP contribution in [-0.2, 0) is 16.0 Å². The molecular weight excluding hydrogens is 481 g/mol. The number of nitrogens with zero attached hydrogens (tertiary/aromatic N) is 4. The van der Waals surface area contributed by atoms with Crippen LogP contribution in [0.4, 0.5) is 0 Å². The van der Waals surface area contributed by atoms with Gasteiger partial charge in [-0.2, -0.15) is 5.10 Å². The van der Waals surface area contributed by atoms with Crippen LogP contribution in [0.25, 0.3) is 5.69 Å². The van der Waals surface area contributed by atoms with Gasteiger partial charge in [0.05, 0.1) is 25.1 Å². The van der Waals surface area contributed by atoms with Gasteiger partial charge in [-0.1, -0.05) is 18.2 Å². The Balaban J connectivity index is 0.00000300. The topological polar surface area (TPSA) is 63.9 Å². The molecule has 0 bridgehead atoms. The van der Waals surface area contributed by atoms with E-state index in [0.717, 1.165) is 69.6 Å². The molecule has 0 aliphatic carbocycles. The predicted octanol–water partition coefficient (Wildman–Crippen LogP) is 2.94. The van der Waals surface area contributed by atoms with Gasteiger partial charge in [0.15, 0.2) is 5.96 Å². The van der Waals surface area contributed by atoms with Crippen molar-refractivity contribution >= 4 is 29.9 Å². The lowest BCUT2D eigenvalue weighted by atomic mass is 10.1. The summed E-state index contributed by atoms with van der Waals surface area (Å²) >= 11 is 0. The summed E-state index contributed by atoms with van der Waals surface area (Å²) in [6.07, 6.45) is 6.03. The first-order chi connectivity index (χ1) is 13.8. The Hall–Kier alpha value is -1.65. The number of benzene rings is 1. The normalized spacial score (nSPS) is 16.5. The molecule has 0 radical (unpaired) electrons. The number of rotatable bonds is 9. The molecule has 0 spiro atoms. The summed E-state index contributed by atoms with van der Waals surface area (Å²) in [4.78, 5) is 6.48. The Labute approximate surface area is 190 Å². The first kappa shape index (κ1) is 23.6. The summed E-state index contributed by atoms with van der Waals surface area (Å²) in [6.45, 7) is 4.86. The second-order valence-electron chi connectivity index (χ2n) is 7.12. The molecule has 1 aromatic heterocycles. The van der Waals surface area contributed by atoms with Crippen molar-refractivity contribution in [2.45, 2.75) is 19.4 Å². The van der Waals surface area contributed by atoms with E-state index in [-0.39, 0.29) is 24.0 Å². The molecule has 1 aliphatic rings. The molecule has 1 fully saturated rings. The first-order valence-electron chi connectivity index (χ1n) is 9.92. The zero-order valence-electron chi connectivity index (χ0n) is 17.3. The quantitative estimate of drug-likeness (QED) is 0.242. The van der Waals surface area contributed by atoms with Crippen LogP contribution in [0.1, 0.15) is 18.4 Å². The molecule has 1 aromatic carbocycles. The van der Waals surface area contributed by atoms with Gasteiger partial charge in [0.1, 0.15) is 0 Å². The van der Waals surface area contributed by atoms with E-state index in [4.69, 9.17) is 9.47 Å². The predicted molar refractivity (Wildman–Crippen MR) is 126 cm³/mol. The largest absolute Gasteiger partial charge is 0.381 e. The number of ether oxygens (including phenoxy) is 2. The van der Waals surface area contributed by atoms with Gasteiger partial charge < -0.3 is 19.7 Å². The van der Waals surface area contributed by atoms with Gasteiger partial charge in [-0.25, -0.2) is 4.68 Å². The number of hydrogen-bond acceptors (Lipinski definition) is 4. The maximum absolute atomic E-state index is 5.75. The van der Waals surface area contributed by atoms with Crippen LogP contribution in [0.2, 0.25) is 0 Å². The summed E-state index contributed by atoms with van der Waals surface area (Å²) in [5.41, 5.74) is 2.19. The highest BCUT2D eigenvalue weighted by Gasteiger charge is 2.15. The highest BCUT2D eigenvalue weighted by molar-refractivity contribution is 14.0. The first-order valence-corrected chi connectivity index (χ1v) is 9.92. The van der Waals surface area contributed by atoms with Crippen LogP contribution in [0.3, 0.4) is 0 Å².